The molecule has 0 heterocycles. The molecule has 0 aliphatic rings. The lowest BCUT2D eigenvalue weighted by Crippen LogP contribution is -2.14. The molecule has 17 heavy (non-hydrogen) atoms. The summed E-state index contributed by atoms with van der Waals surface area (Å²) >= 11 is 0. The van der Waals surface area contributed by atoms with Crippen LogP contribution in [0.5, 0.6) is 11.5 Å². The van der Waals surface area contributed by atoms with Crippen LogP contribution in [-0.4, -0.2) is 30.4 Å². The molecule has 0 bridgehead atoms. The summed E-state index contributed by atoms with van der Waals surface area (Å²) in [5, 5.41) is 19.6. The molecule has 0 amide bonds. The Labute approximate surface area is 99.6 Å². The van der Waals surface area contributed by atoms with Crippen LogP contribution in [0.3, 0.4) is 0 Å². The number of aromatic hydroxyl groups is 1. The topological polar surface area (TPSA) is 76.0 Å². The fraction of sp³-hybridized carbons (Fsp3) is 0.417. The zero-order chi connectivity index (χ0) is 13.0. The van der Waals surface area contributed by atoms with Crippen molar-refractivity contribution in [1.82, 2.24) is 0 Å². The summed E-state index contributed by atoms with van der Waals surface area (Å²) in [6, 6.07) is 3.21. The van der Waals surface area contributed by atoms with Crippen LogP contribution >= 0.6 is 0 Å². The Hall–Kier alpha value is -1.75. The van der Waals surface area contributed by atoms with Crippen LogP contribution in [0.15, 0.2) is 12.1 Å². The van der Waals surface area contributed by atoms with Crippen molar-refractivity contribution in [2.45, 2.75) is 19.4 Å². The van der Waals surface area contributed by atoms with Gasteiger partial charge < -0.3 is 19.7 Å². The molecule has 1 unspecified atom stereocenters. The second-order valence-electron chi connectivity index (χ2n) is 3.52. The van der Waals surface area contributed by atoms with Gasteiger partial charge >= 0.3 is 5.97 Å². The zero-order valence-electron chi connectivity index (χ0n) is 10.1. The lowest BCUT2D eigenvalue weighted by atomic mass is 10.0. The summed E-state index contributed by atoms with van der Waals surface area (Å²) in [4.78, 5) is 11.2. The number of rotatable bonds is 4. The van der Waals surface area contributed by atoms with Gasteiger partial charge in [0, 0.05) is 5.56 Å². The SMILES string of the molecule is CCc1cc(OC)c(O)c(C(O)C(=O)OC)c1. The molecule has 0 aliphatic heterocycles. The van der Waals surface area contributed by atoms with Gasteiger partial charge in [-0.3, -0.25) is 0 Å². The van der Waals surface area contributed by atoms with E-state index in [-0.39, 0.29) is 17.1 Å². The first kappa shape index (κ1) is 13.3. The quantitative estimate of drug-likeness (QED) is 0.772. The zero-order valence-corrected chi connectivity index (χ0v) is 10.1. The lowest BCUT2D eigenvalue weighted by molar-refractivity contribution is -0.150. The Bertz CT molecular complexity index is 414. The van der Waals surface area contributed by atoms with Crippen LogP contribution in [0, 0.1) is 0 Å². The Morgan fingerprint density at radius 3 is 2.53 bits per heavy atom. The van der Waals surface area contributed by atoms with Gasteiger partial charge in [-0.15, -0.1) is 0 Å². The highest BCUT2D eigenvalue weighted by Crippen LogP contribution is 2.35. The normalized spacial score (nSPS) is 12.0. The fourth-order valence-corrected chi connectivity index (χ4v) is 1.50. The van der Waals surface area contributed by atoms with E-state index in [4.69, 9.17) is 4.74 Å². The molecule has 0 saturated heterocycles. The molecule has 0 radical (unpaired) electrons. The second kappa shape index (κ2) is 5.54. The van der Waals surface area contributed by atoms with Crippen molar-refractivity contribution < 1.29 is 24.5 Å². The van der Waals surface area contributed by atoms with Gasteiger partial charge in [0.05, 0.1) is 14.2 Å². The highest BCUT2D eigenvalue weighted by molar-refractivity contribution is 5.77. The van der Waals surface area contributed by atoms with Crippen molar-refractivity contribution in [3.8, 4) is 11.5 Å². The number of esters is 1. The van der Waals surface area contributed by atoms with E-state index in [0.29, 0.717) is 6.42 Å². The second-order valence-corrected chi connectivity index (χ2v) is 3.52. The summed E-state index contributed by atoms with van der Waals surface area (Å²) in [5.74, 6) is -0.847. The van der Waals surface area contributed by atoms with Crippen LogP contribution in [0.2, 0.25) is 0 Å². The lowest BCUT2D eigenvalue weighted by Gasteiger charge is -2.14. The van der Waals surface area contributed by atoms with E-state index in [9.17, 15) is 15.0 Å². The Morgan fingerprint density at radius 2 is 2.06 bits per heavy atom. The minimum atomic E-state index is -1.51. The summed E-state index contributed by atoms with van der Waals surface area (Å²) in [7, 11) is 2.58. The third kappa shape index (κ3) is 2.68. The van der Waals surface area contributed by atoms with Gasteiger partial charge in [-0.25, -0.2) is 4.79 Å². The van der Waals surface area contributed by atoms with Gasteiger partial charge in [-0.2, -0.15) is 0 Å². The van der Waals surface area contributed by atoms with Crippen LogP contribution in [0.1, 0.15) is 24.2 Å². The average molecular weight is 240 g/mol. The smallest absolute Gasteiger partial charge is 0.339 e. The van der Waals surface area contributed by atoms with E-state index in [1.54, 1.807) is 12.1 Å². The molecule has 94 valence electrons. The molecule has 0 aromatic heterocycles. The first-order valence-electron chi connectivity index (χ1n) is 5.20. The maximum Gasteiger partial charge on any atom is 0.339 e. The van der Waals surface area contributed by atoms with Gasteiger partial charge in [-0.05, 0) is 24.1 Å². The number of phenols is 1. The number of phenolic OH excluding ortho intramolecular Hbond substituents is 1. The maximum absolute atomic E-state index is 11.2. The largest absolute Gasteiger partial charge is 0.504 e. The van der Waals surface area contributed by atoms with Gasteiger partial charge in [-0.1, -0.05) is 6.92 Å². The highest BCUT2D eigenvalue weighted by atomic mass is 16.5. The molecule has 5 heteroatoms. The Morgan fingerprint density at radius 1 is 1.41 bits per heavy atom. The van der Waals surface area contributed by atoms with Crippen molar-refractivity contribution in [1.29, 1.82) is 0 Å². The number of ether oxygens (including phenoxy) is 2. The summed E-state index contributed by atoms with van der Waals surface area (Å²) in [5.41, 5.74) is 0.936. The van der Waals surface area contributed by atoms with Crippen LogP contribution in [0.25, 0.3) is 0 Å². The summed E-state index contributed by atoms with van der Waals surface area (Å²) < 4.78 is 9.41. The number of aryl methyl sites for hydroxylation is 1. The number of benzene rings is 1. The number of aliphatic hydroxyl groups excluding tert-OH is 1. The molecular weight excluding hydrogens is 224 g/mol. The third-order valence-corrected chi connectivity index (χ3v) is 2.51. The molecule has 0 spiro atoms. The average Bonchev–Trinajstić information content (AvgIpc) is 2.37. The highest BCUT2D eigenvalue weighted by Gasteiger charge is 2.24. The van der Waals surface area contributed by atoms with Crippen molar-refractivity contribution in [3.05, 3.63) is 23.3 Å². The molecule has 0 fully saturated rings. The summed E-state index contributed by atoms with van der Waals surface area (Å²) in [6.07, 6.45) is -0.822. The monoisotopic (exact) mass is 240 g/mol. The van der Waals surface area contributed by atoms with Gasteiger partial charge in [0.25, 0.3) is 0 Å². The Kier molecular flexibility index (Phi) is 4.34. The van der Waals surface area contributed by atoms with Crippen molar-refractivity contribution in [3.63, 3.8) is 0 Å². The first-order valence-corrected chi connectivity index (χ1v) is 5.20. The molecule has 1 aromatic rings. The third-order valence-electron chi connectivity index (χ3n) is 2.51. The number of carbonyl (C=O) groups is 1. The molecule has 1 aromatic carbocycles. The van der Waals surface area contributed by atoms with E-state index in [1.165, 1.54) is 14.2 Å². The number of methoxy groups -OCH3 is 2. The van der Waals surface area contributed by atoms with Crippen LogP contribution in [-0.2, 0) is 16.0 Å². The van der Waals surface area contributed by atoms with Crippen molar-refractivity contribution >= 4 is 5.97 Å². The Balaban J connectivity index is 3.26. The minimum absolute atomic E-state index is 0.0908. The van der Waals surface area contributed by atoms with Crippen LogP contribution in [0.4, 0.5) is 0 Å². The van der Waals surface area contributed by atoms with E-state index in [0.717, 1.165) is 5.56 Å². The molecule has 5 nitrogen and oxygen atoms in total. The van der Waals surface area contributed by atoms with Gasteiger partial charge in [0.1, 0.15) is 0 Å². The molecule has 1 rings (SSSR count). The maximum atomic E-state index is 11.2. The molecule has 0 saturated carbocycles. The minimum Gasteiger partial charge on any atom is -0.504 e. The number of hydrogen-bond acceptors (Lipinski definition) is 5. The predicted octanol–water partition coefficient (Wildman–Crippen LogP) is 1.17. The van der Waals surface area contributed by atoms with E-state index >= 15 is 0 Å². The van der Waals surface area contributed by atoms with E-state index in [2.05, 4.69) is 4.74 Å². The van der Waals surface area contributed by atoms with Gasteiger partial charge in [0.2, 0.25) is 0 Å². The number of aliphatic hydroxyl groups is 1. The summed E-state index contributed by atoms with van der Waals surface area (Å²) in [6.45, 7) is 1.92. The molecular formula is C12H16O5. The van der Waals surface area contributed by atoms with E-state index < -0.39 is 12.1 Å². The number of hydrogen-bond donors (Lipinski definition) is 2. The van der Waals surface area contributed by atoms with Gasteiger partial charge in [0.15, 0.2) is 17.6 Å². The standard InChI is InChI=1S/C12H16O5/c1-4-7-5-8(11(14)12(15)17-3)10(13)9(6-7)16-2/h5-6,11,13-14H,4H2,1-3H3. The molecule has 1 atom stereocenters. The number of carbonyl (C=O) groups excluding carboxylic acids is 1. The van der Waals surface area contributed by atoms with Crippen molar-refractivity contribution in [2.75, 3.05) is 14.2 Å². The van der Waals surface area contributed by atoms with Crippen molar-refractivity contribution in [2.24, 2.45) is 0 Å². The fourth-order valence-electron chi connectivity index (χ4n) is 1.50. The molecule has 0 aliphatic carbocycles. The molecule has 2 N–H and O–H groups in total. The predicted molar refractivity (Wildman–Crippen MR) is 61.0 cm³/mol. The van der Waals surface area contributed by atoms with Crippen LogP contribution < -0.4 is 4.74 Å². The van der Waals surface area contributed by atoms with E-state index in [1.807, 2.05) is 6.92 Å². The first-order chi connectivity index (χ1) is 8.04.